The zero-order valence-corrected chi connectivity index (χ0v) is 11.9. The van der Waals surface area contributed by atoms with Crippen molar-refractivity contribution >= 4 is 17.8 Å². The number of rotatable bonds is 7. The quantitative estimate of drug-likeness (QED) is 0.578. The summed E-state index contributed by atoms with van der Waals surface area (Å²) < 4.78 is 14.1. The summed E-state index contributed by atoms with van der Waals surface area (Å²) in [5.74, 6) is -1.55. The zero-order valence-electron chi connectivity index (χ0n) is 11.9. The van der Waals surface area contributed by atoms with Gasteiger partial charge < -0.3 is 19.5 Å². The van der Waals surface area contributed by atoms with Gasteiger partial charge in [0.05, 0.1) is 24.8 Å². The highest BCUT2D eigenvalue weighted by Crippen LogP contribution is 2.07. The molecule has 0 fully saturated rings. The molecule has 0 bridgehead atoms. The molecule has 0 spiro atoms. The molecule has 1 N–H and O–H groups in total. The van der Waals surface area contributed by atoms with E-state index in [2.05, 4.69) is 10.1 Å². The van der Waals surface area contributed by atoms with Gasteiger partial charge in [-0.15, -0.1) is 0 Å². The lowest BCUT2D eigenvalue weighted by molar-refractivity contribution is -0.124. The van der Waals surface area contributed by atoms with Crippen molar-refractivity contribution in [1.82, 2.24) is 5.32 Å². The molecular formula is C14H17NO6. The van der Waals surface area contributed by atoms with Crippen LogP contribution in [0.4, 0.5) is 0 Å². The lowest BCUT2D eigenvalue weighted by atomic mass is 10.1. The third-order valence-electron chi connectivity index (χ3n) is 2.50. The van der Waals surface area contributed by atoms with Crippen LogP contribution in [0.2, 0.25) is 0 Å². The summed E-state index contributed by atoms with van der Waals surface area (Å²) in [7, 11) is 2.79. The summed E-state index contributed by atoms with van der Waals surface area (Å²) in [6.45, 7) is 0.358. The Morgan fingerprint density at radius 1 is 1.00 bits per heavy atom. The van der Waals surface area contributed by atoms with Gasteiger partial charge in [-0.1, -0.05) is 0 Å². The van der Waals surface area contributed by atoms with Crippen LogP contribution >= 0.6 is 0 Å². The molecule has 0 saturated carbocycles. The SMILES string of the molecule is COCCNC(=O)COC(=O)c1ccc(C(=O)OC)cc1. The molecule has 0 aliphatic carbocycles. The third-order valence-corrected chi connectivity index (χ3v) is 2.50. The number of amides is 1. The standard InChI is InChI=1S/C14H17NO6/c1-19-8-7-15-12(16)9-21-14(18)11-5-3-10(4-6-11)13(17)20-2/h3-6H,7-9H2,1-2H3,(H,15,16). The van der Waals surface area contributed by atoms with Gasteiger partial charge in [-0.25, -0.2) is 9.59 Å². The third kappa shape index (κ3) is 5.62. The van der Waals surface area contributed by atoms with E-state index in [0.717, 1.165) is 0 Å². The summed E-state index contributed by atoms with van der Waals surface area (Å²) in [5, 5.41) is 2.52. The molecular weight excluding hydrogens is 278 g/mol. The molecule has 1 aromatic rings. The van der Waals surface area contributed by atoms with Gasteiger partial charge in [-0.2, -0.15) is 0 Å². The second-order valence-corrected chi connectivity index (χ2v) is 3.99. The predicted molar refractivity (Wildman–Crippen MR) is 72.9 cm³/mol. The topological polar surface area (TPSA) is 90.9 Å². The maximum absolute atomic E-state index is 11.7. The zero-order chi connectivity index (χ0) is 15.7. The van der Waals surface area contributed by atoms with Crippen molar-refractivity contribution in [2.75, 3.05) is 34.0 Å². The van der Waals surface area contributed by atoms with Gasteiger partial charge in [0.1, 0.15) is 0 Å². The van der Waals surface area contributed by atoms with Gasteiger partial charge >= 0.3 is 11.9 Å². The molecule has 1 aromatic carbocycles. The van der Waals surface area contributed by atoms with E-state index in [4.69, 9.17) is 9.47 Å². The number of carbonyl (C=O) groups excluding carboxylic acids is 3. The first-order valence-corrected chi connectivity index (χ1v) is 6.19. The van der Waals surface area contributed by atoms with E-state index >= 15 is 0 Å². The van der Waals surface area contributed by atoms with Crippen molar-refractivity contribution in [3.05, 3.63) is 35.4 Å². The van der Waals surface area contributed by atoms with Gasteiger partial charge in [0, 0.05) is 13.7 Å². The monoisotopic (exact) mass is 295 g/mol. The second-order valence-electron chi connectivity index (χ2n) is 3.99. The fraction of sp³-hybridized carbons (Fsp3) is 0.357. The number of carbonyl (C=O) groups is 3. The van der Waals surface area contributed by atoms with E-state index in [1.54, 1.807) is 0 Å². The largest absolute Gasteiger partial charge is 0.465 e. The van der Waals surface area contributed by atoms with Crippen LogP contribution in [-0.4, -0.2) is 51.8 Å². The molecule has 0 heterocycles. The molecule has 0 aliphatic rings. The van der Waals surface area contributed by atoms with Gasteiger partial charge in [0.2, 0.25) is 0 Å². The number of ether oxygens (including phenoxy) is 3. The van der Waals surface area contributed by atoms with Gasteiger partial charge in [-0.3, -0.25) is 4.79 Å². The number of hydrogen-bond acceptors (Lipinski definition) is 6. The minimum Gasteiger partial charge on any atom is -0.465 e. The minimum atomic E-state index is -0.645. The van der Waals surface area contributed by atoms with Gasteiger partial charge in [-0.05, 0) is 24.3 Å². The number of hydrogen-bond donors (Lipinski definition) is 1. The van der Waals surface area contributed by atoms with E-state index in [-0.39, 0.29) is 12.2 Å². The maximum atomic E-state index is 11.7. The molecule has 21 heavy (non-hydrogen) atoms. The van der Waals surface area contributed by atoms with Crippen LogP contribution in [0.5, 0.6) is 0 Å². The van der Waals surface area contributed by atoms with Gasteiger partial charge in [0.15, 0.2) is 6.61 Å². The summed E-state index contributed by atoms with van der Waals surface area (Å²) in [5.41, 5.74) is 0.568. The van der Waals surface area contributed by atoms with Gasteiger partial charge in [0.25, 0.3) is 5.91 Å². The molecule has 0 aliphatic heterocycles. The average Bonchev–Trinajstić information content (AvgIpc) is 2.52. The Bertz CT molecular complexity index is 497. The highest BCUT2D eigenvalue weighted by molar-refractivity contribution is 5.94. The number of esters is 2. The van der Waals surface area contributed by atoms with E-state index in [9.17, 15) is 14.4 Å². The molecule has 114 valence electrons. The van der Waals surface area contributed by atoms with E-state index < -0.39 is 17.8 Å². The van der Waals surface area contributed by atoms with E-state index in [1.807, 2.05) is 0 Å². The smallest absolute Gasteiger partial charge is 0.338 e. The summed E-state index contributed by atoms with van der Waals surface area (Å²) in [6, 6.07) is 5.75. The van der Waals surface area contributed by atoms with E-state index in [0.29, 0.717) is 18.7 Å². The molecule has 0 saturated heterocycles. The molecule has 1 rings (SSSR count). The molecule has 1 amide bonds. The van der Waals surface area contributed by atoms with Crippen molar-refractivity contribution in [3.8, 4) is 0 Å². The number of benzene rings is 1. The summed E-state index contributed by atoms with van der Waals surface area (Å²) >= 11 is 0. The number of methoxy groups -OCH3 is 2. The molecule has 7 heteroatoms. The van der Waals surface area contributed by atoms with Crippen LogP contribution in [0.25, 0.3) is 0 Å². The Balaban J connectivity index is 2.45. The molecule has 0 radical (unpaired) electrons. The van der Waals surface area contributed by atoms with Crippen LogP contribution in [0.3, 0.4) is 0 Å². The fourth-order valence-corrected chi connectivity index (χ4v) is 1.42. The van der Waals surface area contributed by atoms with E-state index in [1.165, 1.54) is 38.5 Å². The number of nitrogens with one attached hydrogen (secondary N) is 1. The first-order chi connectivity index (χ1) is 10.1. The van der Waals surface area contributed by atoms with Crippen molar-refractivity contribution < 1.29 is 28.6 Å². The van der Waals surface area contributed by atoms with Crippen molar-refractivity contribution in [1.29, 1.82) is 0 Å². The Hall–Kier alpha value is -2.41. The maximum Gasteiger partial charge on any atom is 0.338 e. The van der Waals surface area contributed by atoms with Crippen molar-refractivity contribution in [2.45, 2.75) is 0 Å². The minimum absolute atomic E-state index is 0.243. The first kappa shape index (κ1) is 16.6. The Kier molecular flexibility index (Phi) is 6.90. The molecule has 0 unspecified atom stereocenters. The average molecular weight is 295 g/mol. The van der Waals surface area contributed by atoms with Crippen LogP contribution in [0, 0.1) is 0 Å². The lowest BCUT2D eigenvalue weighted by Gasteiger charge is -2.06. The fourth-order valence-electron chi connectivity index (χ4n) is 1.42. The highest BCUT2D eigenvalue weighted by Gasteiger charge is 2.11. The highest BCUT2D eigenvalue weighted by atomic mass is 16.5. The van der Waals surface area contributed by atoms with Crippen LogP contribution in [0.15, 0.2) is 24.3 Å². The van der Waals surface area contributed by atoms with Crippen LogP contribution < -0.4 is 5.32 Å². The molecule has 7 nitrogen and oxygen atoms in total. The second kappa shape index (κ2) is 8.70. The van der Waals surface area contributed by atoms with Crippen LogP contribution in [0.1, 0.15) is 20.7 Å². The van der Waals surface area contributed by atoms with Crippen molar-refractivity contribution in [3.63, 3.8) is 0 Å². The van der Waals surface area contributed by atoms with Crippen LogP contribution in [-0.2, 0) is 19.0 Å². The molecule has 0 atom stereocenters. The predicted octanol–water partition coefficient (Wildman–Crippen LogP) is 0.393. The first-order valence-electron chi connectivity index (χ1n) is 6.19. The normalized spacial score (nSPS) is 9.81. The summed E-state index contributed by atoms with van der Waals surface area (Å²) in [6.07, 6.45) is 0. The lowest BCUT2D eigenvalue weighted by Crippen LogP contribution is -2.31. The Morgan fingerprint density at radius 2 is 1.57 bits per heavy atom. The van der Waals surface area contributed by atoms with Crippen molar-refractivity contribution in [2.24, 2.45) is 0 Å². The Labute approximate surface area is 122 Å². The summed E-state index contributed by atoms with van der Waals surface area (Å²) in [4.78, 5) is 34.3. The molecule has 0 aromatic heterocycles. The Morgan fingerprint density at radius 3 is 2.10 bits per heavy atom.